The molecule has 2 rings (SSSR count). The average Bonchev–Trinajstić information content (AvgIpc) is 2.53. The molecular weight excluding hydrogens is 264 g/mol. The lowest BCUT2D eigenvalue weighted by Crippen LogP contribution is -2.36. The molecule has 116 valence electrons. The Balaban J connectivity index is 1.60. The summed E-state index contributed by atoms with van der Waals surface area (Å²) in [5, 5.41) is 2.96. The minimum absolute atomic E-state index is 0.0749. The summed E-state index contributed by atoms with van der Waals surface area (Å²) < 4.78 is 5.71. The van der Waals surface area contributed by atoms with Crippen LogP contribution in [0, 0.1) is 0 Å². The van der Waals surface area contributed by atoms with Gasteiger partial charge in [0.15, 0.2) is 0 Å². The van der Waals surface area contributed by atoms with Crippen molar-refractivity contribution in [3.05, 3.63) is 35.9 Å². The lowest BCUT2D eigenvalue weighted by molar-refractivity contribution is -0.122. The molecule has 4 heteroatoms. The molecule has 1 atom stereocenters. The Morgan fingerprint density at radius 3 is 2.86 bits per heavy atom. The molecular formula is C17H26N2O2. The normalized spacial score (nSPS) is 18.7. The Kier molecular flexibility index (Phi) is 6.70. The number of carbonyl (C=O) groups excluding carboxylic acids is 1. The minimum atomic E-state index is 0.0749. The molecule has 4 nitrogen and oxygen atoms in total. The van der Waals surface area contributed by atoms with E-state index in [0.717, 1.165) is 31.6 Å². The van der Waals surface area contributed by atoms with E-state index in [1.807, 2.05) is 37.4 Å². The molecule has 1 saturated heterocycles. The smallest absolute Gasteiger partial charge is 0.234 e. The second-order valence-corrected chi connectivity index (χ2v) is 5.78. The van der Waals surface area contributed by atoms with Crippen molar-refractivity contribution in [1.82, 2.24) is 10.2 Å². The van der Waals surface area contributed by atoms with E-state index < -0.39 is 0 Å². The van der Waals surface area contributed by atoms with Gasteiger partial charge < -0.3 is 10.1 Å². The fourth-order valence-corrected chi connectivity index (χ4v) is 2.58. The van der Waals surface area contributed by atoms with Gasteiger partial charge in [-0.3, -0.25) is 9.69 Å². The van der Waals surface area contributed by atoms with Crippen molar-refractivity contribution in [2.75, 3.05) is 26.7 Å². The van der Waals surface area contributed by atoms with Gasteiger partial charge in [0.05, 0.1) is 12.6 Å². The summed E-state index contributed by atoms with van der Waals surface area (Å²) in [7, 11) is 1.99. The van der Waals surface area contributed by atoms with Gasteiger partial charge in [-0.15, -0.1) is 0 Å². The fraction of sp³-hybridized carbons (Fsp3) is 0.588. The molecule has 1 aromatic rings. The van der Waals surface area contributed by atoms with E-state index in [2.05, 4.69) is 10.2 Å². The van der Waals surface area contributed by atoms with Gasteiger partial charge in [0.2, 0.25) is 5.91 Å². The van der Waals surface area contributed by atoms with Crippen LogP contribution in [-0.2, 0) is 16.1 Å². The number of ether oxygens (including phenoxy) is 1. The Bertz CT molecular complexity index is 416. The van der Waals surface area contributed by atoms with E-state index >= 15 is 0 Å². The molecule has 0 aromatic heterocycles. The molecule has 0 aliphatic carbocycles. The predicted octanol–water partition coefficient (Wildman–Crippen LogP) is 2.19. The number of likely N-dealkylation sites (N-methyl/N-ethyl adjacent to an activating group) is 1. The number of nitrogens with one attached hydrogen (secondary N) is 1. The zero-order chi connectivity index (χ0) is 14.9. The van der Waals surface area contributed by atoms with Gasteiger partial charge in [-0.05, 0) is 38.3 Å². The standard InChI is InChI=1S/C17H26N2O2/c1-19(11-10-16-9-5-6-12-21-16)14-17(20)18-13-15-7-3-2-4-8-15/h2-4,7-8,16H,5-6,9-14H2,1H3,(H,18,20). The predicted molar refractivity (Wildman–Crippen MR) is 84.0 cm³/mol. The second-order valence-electron chi connectivity index (χ2n) is 5.78. The molecule has 21 heavy (non-hydrogen) atoms. The average molecular weight is 290 g/mol. The monoisotopic (exact) mass is 290 g/mol. The van der Waals surface area contributed by atoms with Crippen molar-refractivity contribution in [3.8, 4) is 0 Å². The first kappa shape index (κ1) is 16.0. The molecule has 1 N–H and O–H groups in total. The van der Waals surface area contributed by atoms with Gasteiger partial charge in [-0.1, -0.05) is 30.3 Å². The van der Waals surface area contributed by atoms with Crippen LogP contribution < -0.4 is 5.32 Å². The molecule has 1 unspecified atom stereocenters. The Hall–Kier alpha value is -1.39. The van der Waals surface area contributed by atoms with Crippen LogP contribution >= 0.6 is 0 Å². The number of carbonyl (C=O) groups is 1. The SMILES string of the molecule is CN(CCC1CCCCO1)CC(=O)NCc1ccccc1. The largest absolute Gasteiger partial charge is 0.378 e. The molecule has 0 saturated carbocycles. The van der Waals surface area contributed by atoms with E-state index in [9.17, 15) is 4.79 Å². The van der Waals surface area contributed by atoms with Gasteiger partial charge in [-0.25, -0.2) is 0 Å². The quantitative estimate of drug-likeness (QED) is 0.837. The summed E-state index contributed by atoms with van der Waals surface area (Å²) in [4.78, 5) is 14.0. The summed E-state index contributed by atoms with van der Waals surface area (Å²) in [6, 6.07) is 9.98. The number of hydrogen-bond donors (Lipinski definition) is 1. The van der Waals surface area contributed by atoms with Gasteiger partial charge in [0.1, 0.15) is 0 Å². The summed E-state index contributed by atoms with van der Waals surface area (Å²) in [6.07, 6.45) is 5.02. The van der Waals surface area contributed by atoms with E-state index in [1.165, 1.54) is 12.8 Å². The third-order valence-electron chi connectivity index (χ3n) is 3.85. The van der Waals surface area contributed by atoms with Crippen LogP contribution in [0.4, 0.5) is 0 Å². The third kappa shape index (κ3) is 6.27. The molecule has 0 radical (unpaired) electrons. The zero-order valence-corrected chi connectivity index (χ0v) is 12.9. The molecule has 1 aliphatic heterocycles. The second kappa shape index (κ2) is 8.80. The highest BCUT2D eigenvalue weighted by molar-refractivity contribution is 5.77. The number of rotatable bonds is 7. The maximum absolute atomic E-state index is 11.9. The lowest BCUT2D eigenvalue weighted by Gasteiger charge is -2.25. The molecule has 1 amide bonds. The maximum Gasteiger partial charge on any atom is 0.234 e. The molecule has 0 bridgehead atoms. The van der Waals surface area contributed by atoms with Crippen LogP contribution in [0.25, 0.3) is 0 Å². The van der Waals surface area contributed by atoms with Crippen LogP contribution in [0.15, 0.2) is 30.3 Å². The van der Waals surface area contributed by atoms with Gasteiger partial charge in [-0.2, -0.15) is 0 Å². The van der Waals surface area contributed by atoms with Crippen molar-refractivity contribution in [2.45, 2.75) is 38.3 Å². The van der Waals surface area contributed by atoms with Gasteiger partial charge in [0.25, 0.3) is 0 Å². The number of benzene rings is 1. The summed E-state index contributed by atoms with van der Waals surface area (Å²) in [5.41, 5.74) is 1.13. The van der Waals surface area contributed by atoms with Crippen LogP contribution in [0.1, 0.15) is 31.2 Å². The zero-order valence-electron chi connectivity index (χ0n) is 12.9. The first-order valence-electron chi connectivity index (χ1n) is 7.85. The first-order valence-corrected chi connectivity index (χ1v) is 7.85. The van der Waals surface area contributed by atoms with Gasteiger partial charge >= 0.3 is 0 Å². The number of hydrogen-bond acceptors (Lipinski definition) is 3. The van der Waals surface area contributed by atoms with E-state index in [0.29, 0.717) is 19.2 Å². The highest BCUT2D eigenvalue weighted by Gasteiger charge is 2.15. The molecule has 1 aromatic carbocycles. The van der Waals surface area contributed by atoms with Crippen molar-refractivity contribution in [2.24, 2.45) is 0 Å². The first-order chi connectivity index (χ1) is 10.2. The Morgan fingerprint density at radius 2 is 2.14 bits per heavy atom. The van der Waals surface area contributed by atoms with Crippen LogP contribution in [-0.4, -0.2) is 43.7 Å². The highest BCUT2D eigenvalue weighted by Crippen LogP contribution is 2.15. The van der Waals surface area contributed by atoms with Crippen molar-refractivity contribution in [3.63, 3.8) is 0 Å². The van der Waals surface area contributed by atoms with Crippen LogP contribution in [0.5, 0.6) is 0 Å². The Labute approximate surface area is 127 Å². The van der Waals surface area contributed by atoms with Gasteiger partial charge in [0, 0.05) is 19.7 Å². The summed E-state index contributed by atoms with van der Waals surface area (Å²) in [5.74, 6) is 0.0749. The summed E-state index contributed by atoms with van der Waals surface area (Å²) in [6.45, 7) is 2.84. The topological polar surface area (TPSA) is 41.6 Å². The molecule has 0 spiro atoms. The molecule has 1 fully saturated rings. The Morgan fingerprint density at radius 1 is 1.33 bits per heavy atom. The fourth-order valence-electron chi connectivity index (χ4n) is 2.58. The molecule has 1 heterocycles. The van der Waals surface area contributed by atoms with Crippen molar-refractivity contribution < 1.29 is 9.53 Å². The van der Waals surface area contributed by atoms with Crippen LogP contribution in [0.3, 0.4) is 0 Å². The lowest BCUT2D eigenvalue weighted by atomic mass is 10.1. The maximum atomic E-state index is 11.9. The third-order valence-corrected chi connectivity index (χ3v) is 3.85. The molecule has 1 aliphatic rings. The number of nitrogens with zero attached hydrogens (tertiary/aromatic N) is 1. The summed E-state index contributed by atoms with van der Waals surface area (Å²) >= 11 is 0. The minimum Gasteiger partial charge on any atom is -0.378 e. The highest BCUT2D eigenvalue weighted by atomic mass is 16.5. The van der Waals surface area contributed by atoms with E-state index in [-0.39, 0.29) is 5.91 Å². The van der Waals surface area contributed by atoms with E-state index in [4.69, 9.17) is 4.74 Å². The van der Waals surface area contributed by atoms with Crippen molar-refractivity contribution in [1.29, 1.82) is 0 Å². The van der Waals surface area contributed by atoms with E-state index in [1.54, 1.807) is 0 Å². The van der Waals surface area contributed by atoms with Crippen molar-refractivity contribution >= 4 is 5.91 Å². The number of amides is 1. The van der Waals surface area contributed by atoms with Crippen LogP contribution in [0.2, 0.25) is 0 Å².